The second-order valence-electron chi connectivity index (χ2n) is 3.33. The Labute approximate surface area is 95.0 Å². The molecule has 2 heteroatoms. The van der Waals surface area contributed by atoms with E-state index < -0.39 is 0 Å². The highest BCUT2D eigenvalue weighted by molar-refractivity contribution is 5.51. The summed E-state index contributed by atoms with van der Waals surface area (Å²) >= 11 is 0. The van der Waals surface area contributed by atoms with Gasteiger partial charge in [0.05, 0.1) is 11.4 Å². The van der Waals surface area contributed by atoms with Gasteiger partial charge in [-0.25, -0.2) is 0 Å². The van der Waals surface area contributed by atoms with Crippen molar-refractivity contribution >= 4 is 17.5 Å². The lowest BCUT2D eigenvalue weighted by atomic mass is 10.2. The molecule has 0 bridgehead atoms. The monoisotopic (exact) mass is 208 g/mol. The van der Waals surface area contributed by atoms with E-state index in [1.54, 1.807) is 6.08 Å². The van der Waals surface area contributed by atoms with Crippen molar-refractivity contribution in [2.75, 3.05) is 0 Å². The molecule has 78 valence electrons. The summed E-state index contributed by atoms with van der Waals surface area (Å²) in [5.74, 6) is 0. The van der Waals surface area contributed by atoms with E-state index >= 15 is 0 Å². The van der Waals surface area contributed by atoms with Crippen molar-refractivity contribution < 1.29 is 0 Å². The number of nitrogens with zero attached hydrogens (tertiary/aromatic N) is 2. The summed E-state index contributed by atoms with van der Waals surface area (Å²) in [6.45, 7) is 3.70. The molecule has 16 heavy (non-hydrogen) atoms. The molecule has 0 saturated heterocycles. The van der Waals surface area contributed by atoms with Crippen molar-refractivity contribution in [3.63, 3.8) is 0 Å². The first kappa shape index (κ1) is 10.3. The molecule has 0 saturated carbocycles. The van der Waals surface area contributed by atoms with Crippen molar-refractivity contribution in [3.8, 4) is 0 Å². The maximum Gasteiger partial charge on any atom is 0.0857 e. The van der Waals surface area contributed by atoms with Gasteiger partial charge in [0, 0.05) is 0 Å². The van der Waals surface area contributed by atoms with Gasteiger partial charge in [0.15, 0.2) is 0 Å². The second-order valence-corrected chi connectivity index (χ2v) is 3.33. The Kier molecular flexibility index (Phi) is 3.24. The first-order valence-corrected chi connectivity index (χ1v) is 5.08. The average molecular weight is 208 g/mol. The zero-order valence-electron chi connectivity index (χ0n) is 8.88. The molecular weight excluding hydrogens is 196 g/mol. The van der Waals surface area contributed by atoms with Crippen LogP contribution in [0.15, 0.2) is 71.4 Å². The predicted molar refractivity (Wildman–Crippen MR) is 67.2 cm³/mol. The molecule has 0 aromatic heterocycles. The molecule has 0 radical (unpaired) electrons. The summed E-state index contributed by atoms with van der Waals surface area (Å²) in [6, 6.07) is 17.4. The van der Waals surface area contributed by atoms with Gasteiger partial charge in [0.25, 0.3) is 0 Å². The van der Waals surface area contributed by atoms with E-state index in [0.717, 1.165) is 16.9 Å². The highest BCUT2D eigenvalue weighted by atomic mass is 15.1. The standard InChI is InChI=1S/C14H12N2/c1-2-12-8-10-14(11-9-12)16-15-13-6-4-3-5-7-13/h2-11H,1H2. The highest BCUT2D eigenvalue weighted by Gasteiger charge is 1.90. The van der Waals surface area contributed by atoms with E-state index in [1.165, 1.54) is 0 Å². The SMILES string of the molecule is C=Cc1ccc(N=Nc2ccccc2)cc1. The number of hydrogen-bond donors (Lipinski definition) is 0. The van der Waals surface area contributed by atoms with Gasteiger partial charge < -0.3 is 0 Å². The number of benzene rings is 2. The predicted octanol–water partition coefficient (Wildman–Crippen LogP) is 4.75. The zero-order valence-corrected chi connectivity index (χ0v) is 8.88. The van der Waals surface area contributed by atoms with Crippen molar-refractivity contribution in [1.29, 1.82) is 0 Å². The smallest absolute Gasteiger partial charge is 0.0857 e. The van der Waals surface area contributed by atoms with E-state index in [0.29, 0.717) is 0 Å². The summed E-state index contributed by atoms with van der Waals surface area (Å²) in [5.41, 5.74) is 2.78. The molecule has 2 aromatic rings. The maximum atomic E-state index is 4.14. The van der Waals surface area contributed by atoms with Crippen LogP contribution in [0.4, 0.5) is 11.4 Å². The highest BCUT2D eigenvalue weighted by Crippen LogP contribution is 2.18. The summed E-state index contributed by atoms with van der Waals surface area (Å²) in [4.78, 5) is 0. The normalized spacial score (nSPS) is 10.5. The van der Waals surface area contributed by atoms with E-state index in [1.807, 2.05) is 54.6 Å². The average Bonchev–Trinajstić information content (AvgIpc) is 2.38. The van der Waals surface area contributed by atoms with Crippen LogP contribution in [0.3, 0.4) is 0 Å². The van der Waals surface area contributed by atoms with Crippen LogP contribution in [0.1, 0.15) is 5.56 Å². The summed E-state index contributed by atoms with van der Waals surface area (Å²) in [6.07, 6.45) is 1.80. The zero-order chi connectivity index (χ0) is 11.2. The van der Waals surface area contributed by atoms with Gasteiger partial charge in [-0.15, -0.1) is 0 Å². The lowest BCUT2D eigenvalue weighted by Crippen LogP contribution is -1.68. The minimum atomic E-state index is 0.842. The Morgan fingerprint density at radius 3 is 1.88 bits per heavy atom. The van der Waals surface area contributed by atoms with Gasteiger partial charge in [-0.1, -0.05) is 43.0 Å². The fourth-order valence-electron chi connectivity index (χ4n) is 1.29. The van der Waals surface area contributed by atoms with Gasteiger partial charge in [-0.05, 0) is 29.8 Å². The fraction of sp³-hybridized carbons (Fsp3) is 0. The third kappa shape index (κ3) is 2.64. The van der Waals surface area contributed by atoms with Crippen LogP contribution in [0, 0.1) is 0 Å². The van der Waals surface area contributed by atoms with Crippen molar-refractivity contribution in [2.45, 2.75) is 0 Å². The molecule has 0 heterocycles. The molecule has 0 aliphatic rings. The molecule has 0 N–H and O–H groups in total. The van der Waals surface area contributed by atoms with Gasteiger partial charge in [-0.3, -0.25) is 0 Å². The molecule has 2 nitrogen and oxygen atoms in total. The Morgan fingerprint density at radius 2 is 1.31 bits per heavy atom. The van der Waals surface area contributed by atoms with E-state index in [4.69, 9.17) is 0 Å². The van der Waals surface area contributed by atoms with Gasteiger partial charge in [0.2, 0.25) is 0 Å². The van der Waals surface area contributed by atoms with E-state index in [2.05, 4.69) is 16.8 Å². The number of azo groups is 1. The molecule has 0 aliphatic heterocycles. The lowest BCUT2D eigenvalue weighted by Gasteiger charge is -1.94. The lowest BCUT2D eigenvalue weighted by molar-refractivity contribution is 1.23. The van der Waals surface area contributed by atoms with Crippen molar-refractivity contribution in [2.24, 2.45) is 10.2 Å². The van der Waals surface area contributed by atoms with Crippen LogP contribution < -0.4 is 0 Å². The molecule has 0 spiro atoms. The van der Waals surface area contributed by atoms with E-state index in [-0.39, 0.29) is 0 Å². The quantitative estimate of drug-likeness (QED) is 0.650. The van der Waals surface area contributed by atoms with Crippen molar-refractivity contribution in [3.05, 3.63) is 66.7 Å². The van der Waals surface area contributed by atoms with Gasteiger partial charge >= 0.3 is 0 Å². The first-order valence-electron chi connectivity index (χ1n) is 5.08. The molecular formula is C14H12N2. The molecule has 0 fully saturated rings. The summed E-state index contributed by atoms with van der Waals surface area (Å²) in [5, 5.41) is 8.27. The topological polar surface area (TPSA) is 24.7 Å². The minimum absolute atomic E-state index is 0.842. The fourth-order valence-corrected chi connectivity index (χ4v) is 1.29. The second kappa shape index (κ2) is 5.03. The number of rotatable bonds is 3. The first-order chi connectivity index (χ1) is 7.88. The molecule has 2 rings (SSSR count). The van der Waals surface area contributed by atoms with Crippen molar-refractivity contribution in [1.82, 2.24) is 0 Å². The van der Waals surface area contributed by atoms with Gasteiger partial charge in [-0.2, -0.15) is 10.2 Å². The van der Waals surface area contributed by atoms with Crippen LogP contribution >= 0.6 is 0 Å². The van der Waals surface area contributed by atoms with Crippen LogP contribution in [0.5, 0.6) is 0 Å². The molecule has 0 unspecified atom stereocenters. The van der Waals surface area contributed by atoms with E-state index in [9.17, 15) is 0 Å². The summed E-state index contributed by atoms with van der Waals surface area (Å²) < 4.78 is 0. The molecule has 0 aliphatic carbocycles. The van der Waals surface area contributed by atoms with Crippen LogP contribution in [0.2, 0.25) is 0 Å². The third-order valence-corrected chi connectivity index (χ3v) is 2.17. The minimum Gasteiger partial charge on any atom is -0.151 e. The largest absolute Gasteiger partial charge is 0.151 e. The number of hydrogen-bond acceptors (Lipinski definition) is 2. The Morgan fingerprint density at radius 1 is 0.750 bits per heavy atom. The Balaban J connectivity index is 2.14. The molecule has 0 atom stereocenters. The molecule has 0 amide bonds. The summed E-state index contributed by atoms with van der Waals surface area (Å²) in [7, 11) is 0. The van der Waals surface area contributed by atoms with Crippen LogP contribution in [0.25, 0.3) is 6.08 Å². The van der Waals surface area contributed by atoms with Crippen LogP contribution in [-0.2, 0) is 0 Å². The Bertz CT molecular complexity index is 484. The van der Waals surface area contributed by atoms with Crippen LogP contribution in [-0.4, -0.2) is 0 Å². The third-order valence-electron chi connectivity index (χ3n) is 2.17. The Hall–Kier alpha value is -2.22. The maximum absolute atomic E-state index is 4.14. The van der Waals surface area contributed by atoms with Gasteiger partial charge in [0.1, 0.15) is 0 Å². The molecule has 2 aromatic carbocycles.